The Morgan fingerprint density at radius 3 is 3.23 bits per heavy atom. The van der Waals surface area contributed by atoms with Crippen molar-refractivity contribution in [1.29, 1.82) is 5.26 Å². The average Bonchev–Trinajstić information content (AvgIpc) is 2.19. The Hall–Kier alpha value is -1.63. The van der Waals surface area contributed by atoms with Gasteiger partial charge in [-0.3, -0.25) is 4.99 Å². The molecule has 0 N–H and O–H groups in total. The molecule has 1 rings (SSSR count). The summed E-state index contributed by atoms with van der Waals surface area (Å²) in [6.45, 7) is 0.158. The normalized spacial score (nSPS) is 19.5. The molecule has 1 aliphatic heterocycles. The van der Waals surface area contributed by atoms with Crippen LogP contribution in [0.4, 0.5) is 0 Å². The van der Waals surface area contributed by atoms with Gasteiger partial charge in [-0.05, 0) is 12.5 Å². The Labute approximate surface area is 76.5 Å². The number of rotatable bonds is 3. The first-order chi connectivity index (χ1) is 6.34. The lowest BCUT2D eigenvalue weighted by Crippen LogP contribution is -2.22. The first kappa shape index (κ1) is 9.46. The summed E-state index contributed by atoms with van der Waals surface area (Å²) in [5.74, 6) is -0.351. The molecule has 1 aliphatic rings. The van der Waals surface area contributed by atoms with Gasteiger partial charge in [-0.2, -0.15) is 5.26 Å². The lowest BCUT2D eigenvalue weighted by molar-refractivity contribution is -0.144. The van der Waals surface area contributed by atoms with Crippen molar-refractivity contribution in [1.82, 2.24) is 0 Å². The molecule has 4 heteroatoms. The molecule has 0 aromatic carbocycles. The van der Waals surface area contributed by atoms with E-state index in [2.05, 4.69) is 4.99 Å². The van der Waals surface area contributed by atoms with Crippen LogP contribution >= 0.6 is 0 Å². The van der Waals surface area contributed by atoms with Gasteiger partial charge in [0.05, 0.1) is 12.5 Å². The van der Waals surface area contributed by atoms with Crippen LogP contribution in [0.2, 0.25) is 0 Å². The quantitative estimate of drug-likeness (QED) is 0.475. The highest BCUT2D eigenvalue weighted by Gasteiger charge is 2.17. The van der Waals surface area contributed by atoms with Crippen LogP contribution in [0.5, 0.6) is 0 Å². The maximum absolute atomic E-state index is 11.2. The van der Waals surface area contributed by atoms with Crippen molar-refractivity contribution in [3.63, 3.8) is 0 Å². The zero-order chi connectivity index (χ0) is 9.52. The molecule has 0 bridgehead atoms. The lowest BCUT2D eigenvalue weighted by Gasteiger charge is -2.10. The van der Waals surface area contributed by atoms with E-state index in [1.54, 1.807) is 12.3 Å². The molecule has 0 saturated heterocycles. The summed E-state index contributed by atoms with van der Waals surface area (Å²) in [6, 6.07) is 1.48. The van der Waals surface area contributed by atoms with Gasteiger partial charge >= 0.3 is 5.97 Å². The van der Waals surface area contributed by atoms with Gasteiger partial charge in [-0.25, -0.2) is 4.79 Å². The Morgan fingerprint density at radius 1 is 1.77 bits per heavy atom. The molecule has 0 aromatic rings. The van der Waals surface area contributed by atoms with Crippen LogP contribution in [0.15, 0.2) is 17.1 Å². The van der Waals surface area contributed by atoms with Crippen molar-refractivity contribution >= 4 is 12.2 Å². The van der Waals surface area contributed by atoms with Gasteiger partial charge in [-0.1, -0.05) is 6.08 Å². The summed E-state index contributed by atoms with van der Waals surface area (Å²) < 4.78 is 4.81. The second-order valence-corrected chi connectivity index (χ2v) is 2.55. The summed E-state index contributed by atoms with van der Waals surface area (Å²) in [5, 5.41) is 8.21. The van der Waals surface area contributed by atoms with Gasteiger partial charge in [-0.15, -0.1) is 0 Å². The van der Waals surface area contributed by atoms with E-state index in [1.165, 1.54) is 0 Å². The molecule has 1 heterocycles. The standard InChI is InChI=1S/C9H10N2O2/c10-5-3-7-13-9(12)8-4-1-2-6-11-8/h1-2,6,8H,3-4,7H2. The van der Waals surface area contributed by atoms with Crippen molar-refractivity contribution in [3.8, 4) is 6.07 Å². The van der Waals surface area contributed by atoms with Crippen LogP contribution < -0.4 is 0 Å². The highest BCUT2D eigenvalue weighted by molar-refractivity contribution is 5.82. The lowest BCUT2D eigenvalue weighted by atomic mass is 10.2. The average molecular weight is 178 g/mol. The summed E-state index contributed by atoms with van der Waals surface area (Å²) in [5.41, 5.74) is 0. The van der Waals surface area contributed by atoms with E-state index in [9.17, 15) is 4.79 Å². The molecule has 0 fully saturated rings. The molecule has 0 amide bonds. The minimum Gasteiger partial charge on any atom is -0.463 e. The fourth-order valence-corrected chi connectivity index (χ4v) is 0.933. The van der Waals surface area contributed by atoms with Crippen molar-refractivity contribution in [2.75, 3.05) is 6.61 Å². The number of esters is 1. The topological polar surface area (TPSA) is 62.4 Å². The van der Waals surface area contributed by atoms with E-state index >= 15 is 0 Å². The van der Waals surface area contributed by atoms with Gasteiger partial charge in [0, 0.05) is 6.21 Å². The number of ether oxygens (including phenoxy) is 1. The van der Waals surface area contributed by atoms with E-state index in [0.29, 0.717) is 6.42 Å². The molecule has 4 nitrogen and oxygen atoms in total. The third-order valence-electron chi connectivity index (χ3n) is 1.58. The van der Waals surface area contributed by atoms with Crippen LogP contribution in [0, 0.1) is 11.3 Å². The van der Waals surface area contributed by atoms with Crippen LogP contribution in [-0.4, -0.2) is 24.8 Å². The molecule has 1 atom stereocenters. The first-order valence-corrected chi connectivity index (χ1v) is 4.06. The summed E-state index contributed by atoms with van der Waals surface area (Å²) in [6.07, 6.45) is 6.06. The fraction of sp³-hybridized carbons (Fsp3) is 0.444. The molecular weight excluding hydrogens is 168 g/mol. The Bertz CT molecular complexity index is 276. The van der Waals surface area contributed by atoms with Gasteiger partial charge in [0.15, 0.2) is 6.04 Å². The molecule has 0 spiro atoms. The number of carbonyl (C=O) groups excluding carboxylic acids is 1. The summed E-state index contributed by atoms with van der Waals surface area (Å²) in [7, 11) is 0. The van der Waals surface area contributed by atoms with Crippen molar-refractivity contribution < 1.29 is 9.53 Å². The highest BCUT2D eigenvalue weighted by Crippen LogP contribution is 2.05. The van der Waals surface area contributed by atoms with Crippen LogP contribution in [0.3, 0.4) is 0 Å². The monoisotopic (exact) mass is 178 g/mol. The zero-order valence-electron chi connectivity index (χ0n) is 7.14. The Kier molecular flexibility index (Phi) is 3.71. The molecule has 0 aromatic heterocycles. The van der Waals surface area contributed by atoms with Crippen LogP contribution in [0.25, 0.3) is 0 Å². The summed E-state index contributed by atoms with van der Waals surface area (Å²) >= 11 is 0. The Morgan fingerprint density at radius 2 is 2.62 bits per heavy atom. The molecule has 1 unspecified atom stereocenters. The minimum atomic E-state index is -0.413. The fourth-order valence-electron chi connectivity index (χ4n) is 0.933. The number of nitriles is 1. The summed E-state index contributed by atoms with van der Waals surface area (Å²) in [4.78, 5) is 15.1. The third-order valence-corrected chi connectivity index (χ3v) is 1.58. The number of nitrogens with zero attached hydrogens (tertiary/aromatic N) is 2. The third kappa shape index (κ3) is 3.08. The van der Waals surface area contributed by atoms with Gasteiger partial charge < -0.3 is 4.74 Å². The highest BCUT2D eigenvalue weighted by atomic mass is 16.5. The van der Waals surface area contributed by atoms with Crippen LogP contribution in [-0.2, 0) is 9.53 Å². The van der Waals surface area contributed by atoms with Gasteiger partial charge in [0.2, 0.25) is 0 Å². The number of hydrogen-bond acceptors (Lipinski definition) is 4. The van der Waals surface area contributed by atoms with Crippen molar-refractivity contribution in [2.45, 2.75) is 18.9 Å². The van der Waals surface area contributed by atoms with Crippen molar-refractivity contribution in [3.05, 3.63) is 12.2 Å². The largest absolute Gasteiger partial charge is 0.463 e. The smallest absolute Gasteiger partial charge is 0.331 e. The molecule has 0 aliphatic carbocycles. The second kappa shape index (κ2) is 5.09. The predicted molar refractivity (Wildman–Crippen MR) is 47.2 cm³/mol. The minimum absolute atomic E-state index is 0.158. The van der Waals surface area contributed by atoms with E-state index in [0.717, 1.165) is 0 Å². The maximum atomic E-state index is 11.2. The molecule has 68 valence electrons. The number of carbonyl (C=O) groups is 1. The zero-order valence-corrected chi connectivity index (χ0v) is 7.14. The van der Waals surface area contributed by atoms with E-state index in [-0.39, 0.29) is 19.0 Å². The molecule has 13 heavy (non-hydrogen) atoms. The molecule has 0 saturated carbocycles. The maximum Gasteiger partial charge on any atom is 0.331 e. The number of hydrogen-bond donors (Lipinski definition) is 0. The van der Waals surface area contributed by atoms with Gasteiger partial charge in [0.1, 0.15) is 6.61 Å². The number of allylic oxidation sites excluding steroid dienone is 1. The van der Waals surface area contributed by atoms with Gasteiger partial charge in [0.25, 0.3) is 0 Å². The number of aliphatic imine (C=N–C) groups is 1. The second-order valence-electron chi connectivity index (χ2n) is 2.55. The van der Waals surface area contributed by atoms with E-state index < -0.39 is 6.04 Å². The molecular formula is C9H10N2O2. The molecule has 0 radical (unpaired) electrons. The first-order valence-electron chi connectivity index (χ1n) is 4.06. The Balaban J connectivity index is 2.28. The van der Waals surface area contributed by atoms with E-state index in [1.807, 2.05) is 12.1 Å². The SMILES string of the molecule is N#CCCOC(=O)C1CC=CC=N1. The van der Waals surface area contributed by atoms with E-state index in [4.69, 9.17) is 10.00 Å². The van der Waals surface area contributed by atoms with Crippen molar-refractivity contribution in [2.24, 2.45) is 4.99 Å². The van der Waals surface area contributed by atoms with Crippen LogP contribution in [0.1, 0.15) is 12.8 Å². The number of dihydropyridines is 1. The predicted octanol–water partition coefficient (Wildman–Crippen LogP) is 0.843.